The summed E-state index contributed by atoms with van der Waals surface area (Å²) in [5.74, 6) is 0.937. The average molecular weight is 230 g/mol. The lowest BCUT2D eigenvalue weighted by Gasteiger charge is -2.11. The molecule has 3 rings (SSSR count). The molecule has 2 aromatic rings. The van der Waals surface area contributed by atoms with E-state index in [2.05, 4.69) is 29.4 Å². The quantitative estimate of drug-likeness (QED) is 0.850. The lowest BCUT2D eigenvalue weighted by Crippen LogP contribution is -2.18. The number of aromatic amines is 1. The van der Waals surface area contributed by atoms with Gasteiger partial charge in [0, 0.05) is 17.1 Å². The van der Waals surface area contributed by atoms with Crippen LogP contribution >= 0.6 is 0 Å². The van der Waals surface area contributed by atoms with E-state index in [1.807, 2.05) is 6.07 Å². The van der Waals surface area contributed by atoms with E-state index < -0.39 is 0 Å². The molecule has 0 fully saturated rings. The van der Waals surface area contributed by atoms with Crippen molar-refractivity contribution < 1.29 is 4.74 Å². The molecule has 1 heterocycles. The number of H-pyrrole nitrogens is 1. The highest BCUT2D eigenvalue weighted by molar-refractivity contribution is 5.90. The summed E-state index contributed by atoms with van der Waals surface area (Å²) >= 11 is 0. The second kappa shape index (κ2) is 4.08. The van der Waals surface area contributed by atoms with Gasteiger partial charge in [0.15, 0.2) is 0 Å². The molecule has 0 radical (unpaired) electrons. The monoisotopic (exact) mass is 230 g/mol. The molecule has 3 nitrogen and oxygen atoms in total. The minimum absolute atomic E-state index is 0.496. The van der Waals surface area contributed by atoms with E-state index in [1.165, 1.54) is 23.1 Å². The minimum Gasteiger partial charge on any atom is -0.495 e. The summed E-state index contributed by atoms with van der Waals surface area (Å²) in [6.45, 7) is 3.17. The van der Waals surface area contributed by atoms with Crippen molar-refractivity contribution in [2.24, 2.45) is 0 Å². The summed E-state index contributed by atoms with van der Waals surface area (Å²) in [6.07, 6.45) is 2.33. The normalized spacial score (nSPS) is 18.6. The first-order valence-electron chi connectivity index (χ1n) is 6.26. The van der Waals surface area contributed by atoms with E-state index >= 15 is 0 Å². The fraction of sp³-hybridized carbons (Fsp3) is 0.429. The predicted molar refractivity (Wildman–Crippen MR) is 69.6 cm³/mol. The van der Waals surface area contributed by atoms with Crippen molar-refractivity contribution in [1.82, 2.24) is 10.3 Å². The van der Waals surface area contributed by atoms with Crippen LogP contribution in [0.2, 0.25) is 0 Å². The van der Waals surface area contributed by atoms with Gasteiger partial charge in [0.2, 0.25) is 0 Å². The third kappa shape index (κ3) is 1.53. The lowest BCUT2D eigenvalue weighted by atomic mass is 10.1. The molecule has 2 N–H and O–H groups in total. The standard InChI is InChI=1S/C14H18N2O/c1-3-15-10-7-8-11-13(10)9-5-4-6-12(17-2)14(9)16-11/h4-6,10,15-16H,3,7-8H2,1-2H3. The van der Waals surface area contributed by atoms with Crippen LogP contribution in [-0.2, 0) is 6.42 Å². The van der Waals surface area contributed by atoms with Gasteiger partial charge in [0.1, 0.15) is 5.75 Å². The van der Waals surface area contributed by atoms with Crippen molar-refractivity contribution >= 4 is 10.9 Å². The highest BCUT2D eigenvalue weighted by Crippen LogP contribution is 2.39. The topological polar surface area (TPSA) is 37.0 Å². The Bertz CT molecular complexity index is 544. The largest absolute Gasteiger partial charge is 0.495 e. The number of hydrogen-bond donors (Lipinski definition) is 2. The molecule has 17 heavy (non-hydrogen) atoms. The minimum atomic E-state index is 0.496. The van der Waals surface area contributed by atoms with Gasteiger partial charge in [0.25, 0.3) is 0 Å². The molecule has 1 aliphatic carbocycles. The van der Waals surface area contributed by atoms with Crippen molar-refractivity contribution in [3.63, 3.8) is 0 Å². The van der Waals surface area contributed by atoms with Gasteiger partial charge >= 0.3 is 0 Å². The smallest absolute Gasteiger partial charge is 0.142 e. The molecule has 1 unspecified atom stereocenters. The van der Waals surface area contributed by atoms with Crippen LogP contribution < -0.4 is 10.1 Å². The van der Waals surface area contributed by atoms with Crippen molar-refractivity contribution in [2.75, 3.05) is 13.7 Å². The van der Waals surface area contributed by atoms with Gasteiger partial charge in [-0.05, 0) is 31.0 Å². The number of nitrogens with one attached hydrogen (secondary N) is 2. The van der Waals surface area contributed by atoms with Crippen LogP contribution in [0.5, 0.6) is 5.75 Å². The van der Waals surface area contributed by atoms with E-state index in [0.717, 1.165) is 24.2 Å². The zero-order valence-electron chi connectivity index (χ0n) is 10.3. The fourth-order valence-electron chi connectivity index (χ4n) is 2.91. The van der Waals surface area contributed by atoms with Crippen molar-refractivity contribution in [3.8, 4) is 5.75 Å². The highest BCUT2D eigenvalue weighted by Gasteiger charge is 2.26. The maximum absolute atomic E-state index is 5.41. The van der Waals surface area contributed by atoms with Crippen molar-refractivity contribution in [3.05, 3.63) is 29.5 Å². The van der Waals surface area contributed by atoms with Crippen LogP contribution in [0.3, 0.4) is 0 Å². The number of fused-ring (bicyclic) bond motifs is 3. The predicted octanol–water partition coefficient (Wildman–Crippen LogP) is 2.77. The Morgan fingerprint density at radius 3 is 3.12 bits per heavy atom. The Kier molecular flexibility index (Phi) is 2.56. The van der Waals surface area contributed by atoms with Gasteiger partial charge in [-0.3, -0.25) is 0 Å². The summed E-state index contributed by atoms with van der Waals surface area (Å²) in [7, 11) is 1.72. The zero-order valence-corrected chi connectivity index (χ0v) is 10.3. The number of hydrogen-bond acceptors (Lipinski definition) is 2. The summed E-state index contributed by atoms with van der Waals surface area (Å²) in [4.78, 5) is 3.52. The molecule has 3 heteroatoms. The van der Waals surface area contributed by atoms with Gasteiger partial charge < -0.3 is 15.0 Å². The number of aromatic nitrogens is 1. The first kappa shape index (κ1) is 10.7. The van der Waals surface area contributed by atoms with E-state index in [1.54, 1.807) is 7.11 Å². The van der Waals surface area contributed by atoms with E-state index in [9.17, 15) is 0 Å². The maximum atomic E-state index is 5.41. The molecule has 1 aromatic heterocycles. The van der Waals surface area contributed by atoms with E-state index in [-0.39, 0.29) is 0 Å². The molecular formula is C14H18N2O. The first-order valence-corrected chi connectivity index (χ1v) is 6.26. The van der Waals surface area contributed by atoms with Gasteiger partial charge in [-0.25, -0.2) is 0 Å². The van der Waals surface area contributed by atoms with Crippen LogP contribution in [0.15, 0.2) is 18.2 Å². The maximum Gasteiger partial charge on any atom is 0.142 e. The molecule has 0 bridgehead atoms. The Morgan fingerprint density at radius 1 is 1.47 bits per heavy atom. The van der Waals surface area contributed by atoms with Gasteiger partial charge in [0.05, 0.1) is 12.6 Å². The van der Waals surface area contributed by atoms with Crippen molar-refractivity contribution in [1.29, 1.82) is 0 Å². The molecular weight excluding hydrogens is 212 g/mol. The Hall–Kier alpha value is -1.48. The number of methoxy groups -OCH3 is 1. The van der Waals surface area contributed by atoms with Gasteiger partial charge in [-0.1, -0.05) is 19.1 Å². The Morgan fingerprint density at radius 2 is 2.35 bits per heavy atom. The summed E-state index contributed by atoms with van der Waals surface area (Å²) < 4.78 is 5.41. The molecule has 0 saturated carbocycles. The SMILES string of the molecule is CCNC1CCc2[nH]c3c(OC)cccc3c21. The third-order valence-electron chi connectivity index (χ3n) is 3.62. The zero-order chi connectivity index (χ0) is 11.8. The fourth-order valence-corrected chi connectivity index (χ4v) is 2.91. The lowest BCUT2D eigenvalue weighted by molar-refractivity contribution is 0.419. The highest BCUT2D eigenvalue weighted by atomic mass is 16.5. The molecule has 1 aromatic carbocycles. The van der Waals surface area contributed by atoms with Gasteiger partial charge in [-0.2, -0.15) is 0 Å². The first-order chi connectivity index (χ1) is 8.35. The number of para-hydroxylation sites is 1. The van der Waals surface area contributed by atoms with E-state index in [0.29, 0.717) is 6.04 Å². The Balaban J connectivity index is 2.17. The Labute approximate surface area is 101 Å². The molecule has 90 valence electrons. The van der Waals surface area contributed by atoms with Crippen LogP contribution in [0.25, 0.3) is 10.9 Å². The molecule has 0 aliphatic heterocycles. The average Bonchev–Trinajstić information content (AvgIpc) is 2.89. The summed E-state index contributed by atoms with van der Waals surface area (Å²) in [6, 6.07) is 6.76. The summed E-state index contributed by atoms with van der Waals surface area (Å²) in [5.41, 5.74) is 3.96. The van der Waals surface area contributed by atoms with Crippen LogP contribution in [0, 0.1) is 0 Å². The van der Waals surface area contributed by atoms with Crippen molar-refractivity contribution in [2.45, 2.75) is 25.8 Å². The van der Waals surface area contributed by atoms with Crippen LogP contribution in [0.1, 0.15) is 30.6 Å². The summed E-state index contributed by atoms with van der Waals surface area (Å²) in [5, 5.41) is 4.86. The second-order valence-electron chi connectivity index (χ2n) is 4.55. The molecule has 1 aliphatic rings. The third-order valence-corrected chi connectivity index (χ3v) is 3.62. The second-order valence-corrected chi connectivity index (χ2v) is 4.55. The number of aryl methyl sites for hydroxylation is 1. The molecule has 0 amide bonds. The number of ether oxygens (including phenoxy) is 1. The van der Waals surface area contributed by atoms with Crippen LogP contribution in [0.4, 0.5) is 0 Å². The molecule has 0 saturated heterocycles. The number of benzene rings is 1. The van der Waals surface area contributed by atoms with Crippen LogP contribution in [-0.4, -0.2) is 18.6 Å². The molecule has 1 atom stereocenters. The van der Waals surface area contributed by atoms with Gasteiger partial charge in [-0.15, -0.1) is 0 Å². The van der Waals surface area contributed by atoms with E-state index in [4.69, 9.17) is 4.74 Å². The molecule has 0 spiro atoms. The number of rotatable bonds is 3.